The standard InChI is InChI=1S/C23H35N3OSi.C5H9ClO/c1-7-8-14-21-25-20-17-24-19-13-10-9-12-18(19)22(20)26(21)15-11-16-27-28(5,6)23(2,3)4;1-2-3-4-5(6)7/h9-10,12-13,17H,7-8,11,14-16H2,1-6H3;2-4H2,1H3. The normalized spacial score (nSPS) is 12.1. The topological polar surface area (TPSA) is 57.0 Å². The fourth-order valence-corrected chi connectivity index (χ4v) is 4.88. The summed E-state index contributed by atoms with van der Waals surface area (Å²) in [6.45, 7) is 17.6. The van der Waals surface area contributed by atoms with Gasteiger partial charge in [-0.05, 0) is 55.1 Å². The molecule has 3 rings (SSSR count). The average molecular weight is 518 g/mol. The number of aromatic nitrogens is 3. The Morgan fingerprint density at radius 3 is 2.34 bits per heavy atom. The molecule has 0 aliphatic rings. The molecule has 1 aromatic carbocycles. The summed E-state index contributed by atoms with van der Waals surface area (Å²) >= 11 is 5.02. The summed E-state index contributed by atoms with van der Waals surface area (Å²) in [6, 6.07) is 8.39. The van der Waals surface area contributed by atoms with Crippen LogP contribution >= 0.6 is 11.6 Å². The highest BCUT2D eigenvalue weighted by Gasteiger charge is 2.36. The lowest BCUT2D eigenvalue weighted by atomic mass is 10.2. The summed E-state index contributed by atoms with van der Waals surface area (Å²) < 4.78 is 8.83. The van der Waals surface area contributed by atoms with Gasteiger partial charge >= 0.3 is 0 Å². The van der Waals surface area contributed by atoms with E-state index in [9.17, 15) is 4.79 Å². The first-order chi connectivity index (χ1) is 16.5. The van der Waals surface area contributed by atoms with E-state index in [1.54, 1.807) is 0 Å². The highest BCUT2D eigenvalue weighted by molar-refractivity contribution is 6.74. The number of carbonyl (C=O) groups is 1. The van der Waals surface area contributed by atoms with E-state index in [4.69, 9.17) is 21.0 Å². The summed E-state index contributed by atoms with van der Waals surface area (Å²) in [4.78, 5) is 19.5. The van der Waals surface area contributed by atoms with Crippen molar-refractivity contribution in [3.63, 3.8) is 0 Å². The van der Waals surface area contributed by atoms with Crippen LogP contribution in [0, 0.1) is 0 Å². The van der Waals surface area contributed by atoms with Gasteiger partial charge in [0.25, 0.3) is 0 Å². The van der Waals surface area contributed by atoms with Crippen LogP contribution in [0.5, 0.6) is 0 Å². The summed E-state index contributed by atoms with van der Waals surface area (Å²) in [5.74, 6) is 1.18. The van der Waals surface area contributed by atoms with E-state index in [-0.39, 0.29) is 10.3 Å². The number of rotatable bonds is 11. The van der Waals surface area contributed by atoms with Crippen molar-refractivity contribution in [3.05, 3.63) is 36.3 Å². The molecule has 35 heavy (non-hydrogen) atoms. The van der Waals surface area contributed by atoms with E-state index in [1.165, 1.54) is 23.1 Å². The van der Waals surface area contributed by atoms with E-state index in [2.05, 4.69) is 68.5 Å². The number of pyridine rings is 1. The zero-order chi connectivity index (χ0) is 26.1. The molecule has 0 aliphatic carbocycles. The first kappa shape index (κ1) is 29.5. The van der Waals surface area contributed by atoms with Crippen LogP contribution in [0.25, 0.3) is 21.9 Å². The lowest BCUT2D eigenvalue weighted by Crippen LogP contribution is -2.41. The van der Waals surface area contributed by atoms with Gasteiger partial charge in [0.1, 0.15) is 11.3 Å². The van der Waals surface area contributed by atoms with Gasteiger partial charge < -0.3 is 8.99 Å². The molecule has 194 valence electrons. The molecule has 0 spiro atoms. The van der Waals surface area contributed by atoms with Gasteiger partial charge in [0, 0.05) is 31.4 Å². The van der Waals surface area contributed by atoms with E-state index in [0.29, 0.717) is 6.42 Å². The lowest BCUT2D eigenvalue weighted by Gasteiger charge is -2.36. The molecule has 3 aromatic rings. The molecule has 2 heterocycles. The van der Waals surface area contributed by atoms with Crippen molar-refractivity contribution in [3.8, 4) is 0 Å². The monoisotopic (exact) mass is 517 g/mol. The summed E-state index contributed by atoms with van der Waals surface area (Å²) in [6.07, 6.45) is 8.77. The van der Waals surface area contributed by atoms with Crippen LogP contribution < -0.4 is 0 Å². The van der Waals surface area contributed by atoms with E-state index in [1.807, 2.05) is 19.2 Å². The number of imidazole rings is 1. The molecule has 0 bridgehead atoms. The molecule has 0 aliphatic heterocycles. The van der Waals surface area contributed by atoms with Gasteiger partial charge in [-0.1, -0.05) is 65.7 Å². The number of hydrogen-bond acceptors (Lipinski definition) is 4. The van der Waals surface area contributed by atoms with Crippen LogP contribution in [-0.4, -0.2) is 34.7 Å². The highest BCUT2D eigenvalue weighted by atomic mass is 35.5. The van der Waals surface area contributed by atoms with Crippen LogP contribution in [0.2, 0.25) is 18.1 Å². The molecule has 0 saturated heterocycles. The zero-order valence-electron chi connectivity index (χ0n) is 22.8. The maximum atomic E-state index is 9.97. The first-order valence-corrected chi connectivity index (χ1v) is 16.4. The van der Waals surface area contributed by atoms with Gasteiger partial charge in [0.05, 0.1) is 17.2 Å². The third kappa shape index (κ3) is 8.40. The van der Waals surface area contributed by atoms with Crippen molar-refractivity contribution >= 4 is 47.1 Å². The van der Waals surface area contributed by atoms with Crippen molar-refractivity contribution in [2.75, 3.05) is 6.61 Å². The summed E-state index contributed by atoms with van der Waals surface area (Å²) in [7, 11) is -1.69. The summed E-state index contributed by atoms with van der Waals surface area (Å²) in [5.41, 5.74) is 3.27. The van der Waals surface area contributed by atoms with E-state index >= 15 is 0 Å². The SMILES string of the molecule is CCCCC(=O)Cl.CCCCc1nc2cnc3ccccc3c2n1CCCO[Si](C)(C)C(C)(C)C. The largest absolute Gasteiger partial charge is 0.417 e. The molecular formula is C28H44ClN3O2Si. The third-order valence-electron chi connectivity index (χ3n) is 6.83. The van der Waals surface area contributed by atoms with Gasteiger partial charge in [-0.25, -0.2) is 4.98 Å². The summed E-state index contributed by atoms with van der Waals surface area (Å²) in [5, 5.41) is 1.23. The number of halogens is 1. The fraction of sp³-hybridized carbons (Fsp3) is 0.607. The molecule has 0 amide bonds. The smallest absolute Gasteiger partial charge is 0.221 e. The number of unbranched alkanes of at least 4 members (excludes halogenated alkanes) is 2. The minimum absolute atomic E-state index is 0.221. The van der Waals surface area contributed by atoms with Gasteiger partial charge in [0.15, 0.2) is 8.32 Å². The highest BCUT2D eigenvalue weighted by Crippen LogP contribution is 2.36. The van der Waals surface area contributed by atoms with Crippen molar-refractivity contribution in [1.82, 2.24) is 14.5 Å². The Morgan fingerprint density at radius 1 is 1.06 bits per heavy atom. The Kier molecular flexibility index (Phi) is 11.4. The number of aryl methyl sites for hydroxylation is 2. The Bertz CT molecular complexity index is 1090. The van der Waals surface area contributed by atoms with Crippen molar-refractivity contribution in [1.29, 1.82) is 0 Å². The molecule has 0 unspecified atom stereocenters. The zero-order valence-corrected chi connectivity index (χ0v) is 24.5. The molecular weight excluding hydrogens is 474 g/mol. The van der Waals surface area contributed by atoms with Gasteiger partial charge in [-0.15, -0.1) is 0 Å². The number of benzene rings is 1. The minimum Gasteiger partial charge on any atom is -0.417 e. The molecule has 2 aromatic heterocycles. The second-order valence-electron chi connectivity index (χ2n) is 10.7. The van der Waals surface area contributed by atoms with Crippen molar-refractivity contribution < 1.29 is 9.22 Å². The quantitative estimate of drug-likeness (QED) is 0.146. The number of hydrogen-bond donors (Lipinski definition) is 0. The fourth-order valence-electron chi connectivity index (χ4n) is 3.66. The van der Waals surface area contributed by atoms with Crippen molar-refractivity contribution in [2.45, 2.75) is 104 Å². The van der Waals surface area contributed by atoms with Gasteiger partial charge in [-0.3, -0.25) is 9.78 Å². The maximum absolute atomic E-state index is 9.97. The molecule has 0 fully saturated rings. The van der Waals surface area contributed by atoms with Crippen LogP contribution in [0.1, 0.15) is 79.0 Å². The molecule has 5 nitrogen and oxygen atoms in total. The molecule has 0 saturated carbocycles. The number of carbonyl (C=O) groups excluding carboxylic acids is 1. The Balaban J connectivity index is 0.000000540. The predicted molar refractivity (Wildman–Crippen MR) is 152 cm³/mol. The molecule has 0 atom stereocenters. The Morgan fingerprint density at radius 2 is 1.74 bits per heavy atom. The van der Waals surface area contributed by atoms with Crippen LogP contribution in [0.4, 0.5) is 0 Å². The predicted octanol–water partition coefficient (Wildman–Crippen LogP) is 8.28. The molecule has 0 N–H and O–H groups in total. The lowest BCUT2D eigenvalue weighted by molar-refractivity contribution is -0.111. The number of nitrogens with zero attached hydrogens (tertiary/aromatic N) is 3. The average Bonchev–Trinajstić information content (AvgIpc) is 3.16. The number of para-hydroxylation sites is 1. The molecule has 0 radical (unpaired) electrons. The third-order valence-corrected chi connectivity index (χ3v) is 11.6. The van der Waals surface area contributed by atoms with Crippen molar-refractivity contribution in [2.24, 2.45) is 0 Å². The maximum Gasteiger partial charge on any atom is 0.221 e. The number of fused-ring (bicyclic) bond motifs is 3. The van der Waals surface area contributed by atoms with Crippen LogP contribution in [0.3, 0.4) is 0 Å². The molecule has 7 heteroatoms. The minimum atomic E-state index is -1.69. The Labute approximate surface area is 217 Å². The van der Waals surface area contributed by atoms with Gasteiger partial charge in [0.2, 0.25) is 5.24 Å². The van der Waals surface area contributed by atoms with Crippen LogP contribution in [0.15, 0.2) is 30.5 Å². The van der Waals surface area contributed by atoms with Crippen LogP contribution in [-0.2, 0) is 22.2 Å². The van der Waals surface area contributed by atoms with Gasteiger partial charge in [-0.2, -0.15) is 0 Å². The Hall–Kier alpha value is -1.76. The first-order valence-electron chi connectivity index (χ1n) is 13.1. The van der Waals surface area contributed by atoms with E-state index in [0.717, 1.165) is 56.3 Å². The second kappa shape index (κ2) is 13.5. The second-order valence-corrected chi connectivity index (χ2v) is 15.9. The van der Waals surface area contributed by atoms with E-state index < -0.39 is 8.32 Å².